The van der Waals surface area contributed by atoms with Crippen LogP contribution in [0, 0.1) is 13.8 Å². The van der Waals surface area contributed by atoms with Crippen LogP contribution >= 0.6 is 0 Å². The van der Waals surface area contributed by atoms with Crippen LogP contribution in [-0.2, 0) is 10.0 Å². The highest BCUT2D eigenvalue weighted by Crippen LogP contribution is 2.16. The lowest BCUT2D eigenvalue weighted by Gasteiger charge is -2.13. The van der Waals surface area contributed by atoms with Gasteiger partial charge in [0, 0.05) is 18.2 Å². The lowest BCUT2D eigenvalue weighted by Crippen LogP contribution is -2.31. The summed E-state index contributed by atoms with van der Waals surface area (Å²) in [6.07, 6.45) is 0.644. The van der Waals surface area contributed by atoms with Gasteiger partial charge in [-0.25, -0.2) is 13.1 Å². The second-order valence-electron chi connectivity index (χ2n) is 7.03. The molecule has 0 fully saturated rings. The Hall–Kier alpha value is -2.38. The number of hydrogen-bond donors (Lipinski definition) is 2. The average Bonchev–Trinajstić information content (AvgIpc) is 2.60. The molecule has 28 heavy (non-hydrogen) atoms. The molecular formula is C21H28N2O4S. The molecule has 0 aromatic heterocycles. The van der Waals surface area contributed by atoms with Crippen molar-refractivity contribution in [2.75, 3.05) is 13.2 Å². The smallest absolute Gasteiger partial charge is 0.251 e. The first-order valence-electron chi connectivity index (χ1n) is 9.29. The van der Waals surface area contributed by atoms with Crippen LogP contribution in [0.2, 0.25) is 0 Å². The number of nitrogens with one attached hydrogen (secondary N) is 2. The second kappa shape index (κ2) is 9.71. The molecule has 0 unspecified atom stereocenters. The Morgan fingerprint density at radius 1 is 1.11 bits per heavy atom. The molecule has 152 valence electrons. The van der Waals surface area contributed by atoms with E-state index in [1.54, 1.807) is 26.8 Å². The van der Waals surface area contributed by atoms with E-state index in [-0.39, 0.29) is 16.8 Å². The van der Waals surface area contributed by atoms with Gasteiger partial charge in [0.2, 0.25) is 10.0 Å². The van der Waals surface area contributed by atoms with Crippen LogP contribution in [0.1, 0.15) is 41.8 Å². The average molecular weight is 405 g/mol. The number of carbonyl (C=O) groups excluding carboxylic acids is 1. The summed E-state index contributed by atoms with van der Waals surface area (Å²) < 4.78 is 32.8. The molecule has 0 radical (unpaired) electrons. The predicted octanol–water partition coefficient (Wildman–Crippen LogP) is 3.19. The summed E-state index contributed by atoms with van der Waals surface area (Å²) in [5.41, 5.74) is 2.20. The van der Waals surface area contributed by atoms with E-state index in [2.05, 4.69) is 10.0 Å². The lowest BCUT2D eigenvalue weighted by molar-refractivity contribution is 0.0950. The number of ether oxygens (including phenoxy) is 1. The Bertz CT molecular complexity index is 924. The summed E-state index contributed by atoms with van der Waals surface area (Å²) in [5.74, 6) is 0.507. The van der Waals surface area contributed by atoms with Gasteiger partial charge in [-0.3, -0.25) is 4.79 Å². The maximum Gasteiger partial charge on any atom is 0.251 e. The van der Waals surface area contributed by atoms with Crippen LogP contribution in [0.4, 0.5) is 0 Å². The molecule has 0 atom stereocenters. The first-order chi connectivity index (χ1) is 13.2. The molecule has 6 nitrogen and oxygen atoms in total. The van der Waals surface area contributed by atoms with Crippen LogP contribution in [0.5, 0.6) is 5.75 Å². The molecule has 0 saturated heterocycles. The van der Waals surface area contributed by atoms with E-state index in [9.17, 15) is 13.2 Å². The van der Waals surface area contributed by atoms with Crippen molar-refractivity contribution >= 4 is 15.9 Å². The van der Waals surface area contributed by atoms with Gasteiger partial charge in [-0.2, -0.15) is 0 Å². The van der Waals surface area contributed by atoms with E-state index in [0.717, 1.165) is 16.9 Å². The van der Waals surface area contributed by atoms with Crippen molar-refractivity contribution in [1.29, 1.82) is 0 Å². The SMILES string of the molecule is Cc1cccc(OCCCNC(=O)c2cc(S(=O)(=O)NC(C)C)ccc2C)c1. The number of benzene rings is 2. The van der Waals surface area contributed by atoms with Gasteiger partial charge in [0.05, 0.1) is 11.5 Å². The third-order valence-corrected chi connectivity index (χ3v) is 5.68. The third-order valence-electron chi connectivity index (χ3n) is 4.02. The fourth-order valence-corrected chi connectivity index (χ4v) is 3.93. The van der Waals surface area contributed by atoms with Gasteiger partial charge in [0.25, 0.3) is 5.91 Å². The zero-order chi connectivity index (χ0) is 20.7. The first kappa shape index (κ1) is 21.9. The van der Waals surface area contributed by atoms with E-state index in [4.69, 9.17) is 4.74 Å². The molecule has 2 N–H and O–H groups in total. The highest BCUT2D eigenvalue weighted by molar-refractivity contribution is 7.89. The van der Waals surface area contributed by atoms with Crippen molar-refractivity contribution in [3.8, 4) is 5.75 Å². The van der Waals surface area contributed by atoms with Gasteiger partial charge < -0.3 is 10.1 Å². The topological polar surface area (TPSA) is 84.5 Å². The van der Waals surface area contributed by atoms with Gasteiger partial charge in [-0.05, 0) is 69.5 Å². The van der Waals surface area contributed by atoms with Crippen molar-refractivity contribution in [3.63, 3.8) is 0 Å². The Balaban J connectivity index is 1.92. The number of carbonyl (C=O) groups is 1. The highest BCUT2D eigenvalue weighted by Gasteiger charge is 2.18. The van der Waals surface area contributed by atoms with E-state index in [1.165, 1.54) is 12.1 Å². The fraction of sp³-hybridized carbons (Fsp3) is 0.381. The highest BCUT2D eigenvalue weighted by atomic mass is 32.2. The standard InChI is InChI=1S/C21H28N2O4S/c1-15(2)23-28(25,26)19-10-9-17(4)20(14-19)21(24)22-11-6-12-27-18-8-5-7-16(3)13-18/h5,7-10,13-15,23H,6,11-12H2,1-4H3,(H,22,24). The number of rotatable bonds is 9. The van der Waals surface area contributed by atoms with Gasteiger partial charge in [-0.1, -0.05) is 18.2 Å². The minimum absolute atomic E-state index is 0.0831. The molecule has 2 aromatic rings. The normalized spacial score (nSPS) is 11.5. The Labute approximate surface area is 167 Å². The number of sulfonamides is 1. The third kappa shape index (κ3) is 6.35. The van der Waals surface area contributed by atoms with Crippen molar-refractivity contribution in [2.45, 2.75) is 45.1 Å². The summed E-state index contributed by atoms with van der Waals surface area (Å²) in [5, 5.41) is 2.82. The second-order valence-corrected chi connectivity index (χ2v) is 8.74. The Morgan fingerprint density at radius 3 is 2.54 bits per heavy atom. The fourth-order valence-electron chi connectivity index (χ4n) is 2.66. The molecule has 1 amide bonds. The largest absolute Gasteiger partial charge is 0.494 e. The molecule has 0 spiro atoms. The molecule has 2 aromatic carbocycles. The lowest BCUT2D eigenvalue weighted by atomic mass is 10.1. The summed E-state index contributed by atoms with van der Waals surface area (Å²) >= 11 is 0. The summed E-state index contributed by atoms with van der Waals surface area (Å²) in [6.45, 7) is 8.19. The van der Waals surface area contributed by atoms with Crippen molar-refractivity contribution < 1.29 is 17.9 Å². The molecule has 2 rings (SSSR count). The van der Waals surface area contributed by atoms with Gasteiger partial charge >= 0.3 is 0 Å². The van der Waals surface area contributed by atoms with Crippen LogP contribution < -0.4 is 14.8 Å². The molecule has 0 aliphatic heterocycles. The Kier molecular flexibility index (Phi) is 7.60. The van der Waals surface area contributed by atoms with Crippen LogP contribution in [0.15, 0.2) is 47.4 Å². The van der Waals surface area contributed by atoms with Crippen LogP contribution in [-0.4, -0.2) is 33.5 Å². The number of amides is 1. The molecule has 0 bridgehead atoms. The maximum atomic E-state index is 12.5. The molecule has 0 saturated carbocycles. The van der Waals surface area contributed by atoms with Gasteiger partial charge in [0.15, 0.2) is 0 Å². The Morgan fingerprint density at radius 2 is 1.86 bits per heavy atom. The van der Waals surface area contributed by atoms with E-state index in [1.807, 2.05) is 31.2 Å². The number of hydrogen-bond acceptors (Lipinski definition) is 4. The van der Waals surface area contributed by atoms with Gasteiger partial charge in [0.1, 0.15) is 5.75 Å². The molecule has 7 heteroatoms. The monoisotopic (exact) mass is 404 g/mol. The van der Waals surface area contributed by atoms with E-state index in [0.29, 0.717) is 25.1 Å². The summed E-state index contributed by atoms with van der Waals surface area (Å²) in [4.78, 5) is 12.6. The number of aryl methyl sites for hydroxylation is 2. The minimum atomic E-state index is -3.65. The van der Waals surface area contributed by atoms with Gasteiger partial charge in [-0.15, -0.1) is 0 Å². The molecular weight excluding hydrogens is 376 g/mol. The van der Waals surface area contributed by atoms with Crippen LogP contribution in [0.3, 0.4) is 0 Å². The maximum absolute atomic E-state index is 12.5. The van der Waals surface area contributed by atoms with Crippen molar-refractivity contribution in [1.82, 2.24) is 10.0 Å². The van der Waals surface area contributed by atoms with Crippen molar-refractivity contribution in [3.05, 3.63) is 59.2 Å². The minimum Gasteiger partial charge on any atom is -0.494 e. The summed E-state index contributed by atoms with van der Waals surface area (Å²) in [6, 6.07) is 12.1. The molecule has 0 aliphatic rings. The zero-order valence-electron chi connectivity index (χ0n) is 16.8. The predicted molar refractivity (Wildman–Crippen MR) is 110 cm³/mol. The first-order valence-corrected chi connectivity index (χ1v) is 10.8. The molecule has 0 heterocycles. The van der Waals surface area contributed by atoms with E-state index >= 15 is 0 Å². The van der Waals surface area contributed by atoms with Crippen molar-refractivity contribution in [2.24, 2.45) is 0 Å². The van der Waals surface area contributed by atoms with Crippen LogP contribution in [0.25, 0.3) is 0 Å². The quantitative estimate of drug-likeness (QED) is 0.629. The zero-order valence-corrected chi connectivity index (χ0v) is 17.6. The van der Waals surface area contributed by atoms with E-state index < -0.39 is 10.0 Å². The summed E-state index contributed by atoms with van der Waals surface area (Å²) in [7, 11) is -3.65. The molecule has 0 aliphatic carbocycles.